The topological polar surface area (TPSA) is 74.6 Å². The van der Waals surface area contributed by atoms with Gasteiger partial charge in [-0.25, -0.2) is 0 Å². The molecular weight excluding hydrogens is 396 g/mol. The molecule has 0 bridgehead atoms. The Balaban J connectivity index is 3.72. The van der Waals surface area contributed by atoms with Gasteiger partial charge in [-0.15, -0.1) is 0 Å². The van der Waals surface area contributed by atoms with Crippen molar-refractivity contribution in [2.24, 2.45) is 5.92 Å². The first-order valence-corrected chi connectivity index (χ1v) is 11.7. The Morgan fingerprint density at radius 3 is 1.31 bits per heavy atom. The average Bonchev–Trinajstić information content (AvgIpc) is 2.59. The van der Waals surface area contributed by atoms with Crippen LogP contribution in [0.15, 0.2) is 0 Å². The predicted octanol–water partition coefficient (Wildman–Crippen LogP) is 6.80. The second-order valence-electron chi connectivity index (χ2n) is 7.45. The minimum atomic E-state index is -0.681. The van der Waals surface area contributed by atoms with E-state index in [9.17, 15) is 9.59 Å². The van der Waals surface area contributed by atoms with Gasteiger partial charge in [0.15, 0.2) is 0 Å². The fourth-order valence-electron chi connectivity index (χ4n) is 3.44. The number of carboxylic acids is 2. The van der Waals surface area contributed by atoms with E-state index in [-0.39, 0.29) is 0 Å². The summed E-state index contributed by atoms with van der Waals surface area (Å²) in [4.78, 5) is 21.0. The first-order chi connectivity index (χ1) is 12.6. The molecule has 5 heteroatoms. The second-order valence-corrected chi connectivity index (χ2v) is 8.24. The van der Waals surface area contributed by atoms with E-state index in [1.54, 1.807) is 0 Å². The highest BCUT2D eigenvalue weighted by Crippen LogP contribution is 2.24. The summed E-state index contributed by atoms with van der Waals surface area (Å²) in [5, 5.41) is 18.4. The first kappa shape index (κ1) is 25.4. The molecule has 0 unspecified atom stereocenters. The van der Waals surface area contributed by atoms with Crippen molar-refractivity contribution in [3.05, 3.63) is 0 Å². The summed E-state index contributed by atoms with van der Waals surface area (Å²) in [7, 11) is 0. The molecule has 0 spiro atoms. The Kier molecular flexibility index (Phi) is 18.8. The third-order valence-electron chi connectivity index (χ3n) is 5.00. The molecule has 0 saturated heterocycles. The van der Waals surface area contributed by atoms with Crippen LogP contribution in [0.5, 0.6) is 0 Å². The number of carbonyl (C=O) groups is 2. The Hall–Kier alpha value is -0.580. The summed E-state index contributed by atoms with van der Waals surface area (Å²) in [5.41, 5.74) is 0. The van der Waals surface area contributed by atoms with Gasteiger partial charge in [0.1, 0.15) is 0 Å². The van der Waals surface area contributed by atoms with E-state index < -0.39 is 11.9 Å². The summed E-state index contributed by atoms with van der Waals surface area (Å²) in [6, 6.07) is 0. The Bertz CT molecular complexity index is 319. The fraction of sp³-hybridized carbons (Fsp3) is 0.905. The predicted molar refractivity (Wildman–Crippen MR) is 111 cm³/mol. The van der Waals surface area contributed by atoms with Crippen molar-refractivity contribution in [3.8, 4) is 0 Å². The summed E-state index contributed by atoms with van der Waals surface area (Å²) in [6.45, 7) is 0. The van der Waals surface area contributed by atoms with Crippen LogP contribution in [0, 0.1) is 5.92 Å². The van der Waals surface area contributed by atoms with Crippen LogP contribution in [0.25, 0.3) is 0 Å². The molecule has 0 aromatic rings. The maximum absolute atomic E-state index is 10.5. The molecule has 0 aliphatic rings. The van der Waals surface area contributed by atoms with E-state index in [2.05, 4.69) is 15.9 Å². The molecule has 0 fully saturated rings. The van der Waals surface area contributed by atoms with Crippen LogP contribution >= 0.6 is 15.9 Å². The number of hydrogen-bond donors (Lipinski definition) is 2. The van der Waals surface area contributed by atoms with Crippen molar-refractivity contribution in [1.82, 2.24) is 0 Å². The van der Waals surface area contributed by atoms with Gasteiger partial charge in [-0.2, -0.15) is 0 Å². The van der Waals surface area contributed by atoms with Gasteiger partial charge in [0.2, 0.25) is 0 Å². The molecular formula is C21H39BrO4. The molecule has 0 aliphatic carbocycles. The van der Waals surface area contributed by atoms with E-state index in [0.29, 0.717) is 12.8 Å². The number of aliphatic carboxylic acids is 2. The van der Waals surface area contributed by atoms with Crippen molar-refractivity contribution in [1.29, 1.82) is 0 Å². The van der Waals surface area contributed by atoms with Crippen LogP contribution < -0.4 is 0 Å². The minimum absolute atomic E-state index is 0.307. The lowest BCUT2D eigenvalue weighted by molar-refractivity contribution is -0.138. The molecule has 0 saturated carbocycles. The van der Waals surface area contributed by atoms with E-state index in [1.165, 1.54) is 57.8 Å². The smallest absolute Gasteiger partial charge is 0.303 e. The molecule has 0 amide bonds. The molecule has 26 heavy (non-hydrogen) atoms. The molecule has 0 aliphatic heterocycles. The number of hydrogen-bond acceptors (Lipinski definition) is 2. The van der Waals surface area contributed by atoms with E-state index in [4.69, 9.17) is 10.2 Å². The van der Waals surface area contributed by atoms with Gasteiger partial charge in [-0.05, 0) is 25.2 Å². The highest BCUT2D eigenvalue weighted by atomic mass is 79.9. The Labute approximate surface area is 168 Å². The van der Waals surface area contributed by atoms with Crippen LogP contribution in [-0.2, 0) is 9.59 Å². The summed E-state index contributed by atoms with van der Waals surface area (Å²) in [6.07, 6.45) is 18.1. The molecule has 2 N–H and O–H groups in total. The fourth-order valence-corrected chi connectivity index (χ4v) is 3.84. The molecule has 4 nitrogen and oxygen atoms in total. The van der Waals surface area contributed by atoms with Crippen molar-refractivity contribution in [2.75, 3.05) is 5.33 Å². The number of alkyl halides is 1. The van der Waals surface area contributed by atoms with Crippen molar-refractivity contribution < 1.29 is 19.8 Å². The standard InChI is InChI=1S/C21H39BrO4/c22-18-12-11-15-19(13-7-3-1-5-9-16-20(23)24)14-8-4-2-6-10-17-21(25)26/h19H,1-18H2,(H,23,24)(H,25,26). The third kappa shape index (κ3) is 19.7. The van der Waals surface area contributed by atoms with Crippen LogP contribution in [0.1, 0.15) is 109 Å². The zero-order chi connectivity index (χ0) is 19.5. The maximum atomic E-state index is 10.5. The molecule has 0 radical (unpaired) electrons. The number of rotatable bonds is 20. The summed E-state index contributed by atoms with van der Waals surface area (Å²) < 4.78 is 0. The first-order valence-electron chi connectivity index (χ1n) is 10.6. The number of carboxylic acid groups (broad SMARTS) is 2. The maximum Gasteiger partial charge on any atom is 0.303 e. The van der Waals surface area contributed by atoms with Crippen molar-refractivity contribution in [2.45, 2.75) is 109 Å². The van der Waals surface area contributed by atoms with Gasteiger partial charge in [0.25, 0.3) is 0 Å². The zero-order valence-electron chi connectivity index (χ0n) is 16.4. The van der Waals surface area contributed by atoms with Gasteiger partial charge in [0, 0.05) is 18.2 Å². The molecule has 0 aromatic carbocycles. The highest BCUT2D eigenvalue weighted by Gasteiger charge is 2.08. The molecule has 0 aromatic heterocycles. The highest BCUT2D eigenvalue weighted by molar-refractivity contribution is 9.09. The summed E-state index contributed by atoms with van der Waals surface area (Å²) >= 11 is 3.51. The van der Waals surface area contributed by atoms with Crippen molar-refractivity contribution >= 4 is 27.9 Å². The van der Waals surface area contributed by atoms with Crippen molar-refractivity contribution in [3.63, 3.8) is 0 Å². The monoisotopic (exact) mass is 434 g/mol. The number of halogens is 1. The SMILES string of the molecule is O=C(O)CCCCCCCC(CCCCBr)CCCCCCCC(=O)O. The van der Waals surface area contributed by atoms with Crippen LogP contribution in [0.3, 0.4) is 0 Å². The van der Waals surface area contributed by atoms with Crippen LogP contribution in [0.4, 0.5) is 0 Å². The molecule has 0 atom stereocenters. The van der Waals surface area contributed by atoms with Gasteiger partial charge in [0.05, 0.1) is 0 Å². The van der Waals surface area contributed by atoms with E-state index >= 15 is 0 Å². The Morgan fingerprint density at radius 1 is 0.577 bits per heavy atom. The van der Waals surface area contributed by atoms with Crippen LogP contribution in [0.2, 0.25) is 0 Å². The second kappa shape index (κ2) is 19.2. The van der Waals surface area contributed by atoms with Gasteiger partial charge >= 0.3 is 11.9 Å². The Morgan fingerprint density at radius 2 is 0.923 bits per heavy atom. The molecule has 0 heterocycles. The summed E-state index contributed by atoms with van der Waals surface area (Å²) in [5.74, 6) is -0.535. The quantitative estimate of drug-likeness (QED) is 0.163. The van der Waals surface area contributed by atoms with Gasteiger partial charge in [-0.3, -0.25) is 9.59 Å². The molecule has 0 rings (SSSR count). The minimum Gasteiger partial charge on any atom is -0.481 e. The van der Waals surface area contributed by atoms with Gasteiger partial charge < -0.3 is 10.2 Å². The van der Waals surface area contributed by atoms with Gasteiger partial charge in [-0.1, -0.05) is 93.0 Å². The lowest BCUT2D eigenvalue weighted by Crippen LogP contribution is -2.02. The molecule has 154 valence electrons. The average molecular weight is 435 g/mol. The largest absolute Gasteiger partial charge is 0.481 e. The van der Waals surface area contributed by atoms with E-state index in [0.717, 1.165) is 49.8 Å². The normalized spacial score (nSPS) is 11.2. The number of unbranched alkanes of at least 4 members (excludes halogenated alkanes) is 9. The van der Waals surface area contributed by atoms with E-state index in [1.807, 2.05) is 0 Å². The van der Waals surface area contributed by atoms with Crippen LogP contribution in [-0.4, -0.2) is 27.5 Å². The third-order valence-corrected chi connectivity index (χ3v) is 5.56. The zero-order valence-corrected chi connectivity index (χ0v) is 18.0. The lowest BCUT2D eigenvalue weighted by atomic mass is 9.90. The lowest BCUT2D eigenvalue weighted by Gasteiger charge is -2.16.